The van der Waals surface area contributed by atoms with Gasteiger partial charge in [-0.15, -0.1) is 0 Å². The second-order valence-corrected chi connectivity index (χ2v) is 3.75. The smallest absolute Gasteiger partial charge is 0.00643 e. The highest BCUT2D eigenvalue weighted by molar-refractivity contribution is 5.51. The van der Waals surface area contributed by atoms with Gasteiger partial charge < -0.3 is 0 Å². The van der Waals surface area contributed by atoms with Crippen molar-refractivity contribution < 1.29 is 0 Å². The van der Waals surface area contributed by atoms with Crippen LogP contribution in [0, 0.1) is 0 Å². The molecule has 0 fully saturated rings. The third-order valence-electron chi connectivity index (χ3n) is 2.94. The molecule has 0 bridgehead atoms. The minimum absolute atomic E-state index is 1.05. The fourth-order valence-corrected chi connectivity index (χ4v) is 1.88. The summed E-state index contributed by atoms with van der Waals surface area (Å²) in [7, 11) is 0. The van der Waals surface area contributed by atoms with Crippen LogP contribution in [-0.4, -0.2) is 0 Å². The largest absolute Gasteiger partial charge is 0.0949 e. The molecule has 2 aliphatic rings. The maximum absolute atomic E-state index is 4.03. The van der Waals surface area contributed by atoms with Crippen molar-refractivity contribution in [3.63, 3.8) is 0 Å². The fourth-order valence-electron chi connectivity index (χ4n) is 1.88. The molecule has 0 spiro atoms. The third-order valence-corrected chi connectivity index (χ3v) is 2.94. The van der Waals surface area contributed by atoms with Crippen molar-refractivity contribution in [2.24, 2.45) is 0 Å². The van der Waals surface area contributed by atoms with Crippen LogP contribution in [0.15, 0.2) is 47.6 Å². The Morgan fingerprint density at radius 2 is 1.17 bits per heavy atom. The first-order chi connectivity index (χ1) is 5.68. The Hall–Kier alpha value is -1.04. The van der Waals surface area contributed by atoms with Gasteiger partial charge in [0.25, 0.3) is 0 Å². The normalized spacial score (nSPS) is 23.5. The van der Waals surface area contributed by atoms with Crippen molar-refractivity contribution in [2.75, 3.05) is 0 Å². The lowest BCUT2D eigenvalue weighted by atomic mass is 9.84. The zero-order valence-electron chi connectivity index (χ0n) is 7.45. The van der Waals surface area contributed by atoms with E-state index in [1.807, 2.05) is 0 Å². The highest BCUT2D eigenvalue weighted by atomic mass is 14.3. The zero-order valence-corrected chi connectivity index (χ0v) is 7.45. The first kappa shape index (κ1) is 7.60. The Kier molecular flexibility index (Phi) is 1.57. The van der Waals surface area contributed by atoms with Crippen LogP contribution in [0.2, 0.25) is 0 Å². The molecule has 2 aliphatic carbocycles. The summed E-state index contributed by atoms with van der Waals surface area (Å²) in [5.41, 5.74) is 6.62. The van der Waals surface area contributed by atoms with Crippen molar-refractivity contribution in [2.45, 2.75) is 25.7 Å². The second kappa shape index (κ2) is 2.48. The number of hydrogen-bond donors (Lipinski definition) is 0. The summed E-state index contributed by atoms with van der Waals surface area (Å²) in [5.74, 6) is 0. The number of hydrogen-bond acceptors (Lipinski definition) is 0. The lowest BCUT2D eigenvalue weighted by Crippen LogP contribution is -2.02. The van der Waals surface area contributed by atoms with Crippen LogP contribution in [-0.2, 0) is 0 Å². The molecule has 0 heterocycles. The van der Waals surface area contributed by atoms with Crippen molar-refractivity contribution in [3.05, 3.63) is 47.6 Å². The molecule has 2 rings (SSSR count). The maximum Gasteiger partial charge on any atom is -0.00643 e. The highest BCUT2D eigenvalue weighted by Gasteiger charge is 2.23. The highest BCUT2D eigenvalue weighted by Crippen LogP contribution is 2.42. The van der Waals surface area contributed by atoms with Crippen molar-refractivity contribution in [3.8, 4) is 0 Å². The molecule has 0 heteroatoms. The average Bonchev–Trinajstić information content (AvgIpc) is 2.09. The molecule has 0 radical (unpaired) electrons. The van der Waals surface area contributed by atoms with Crippen molar-refractivity contribution in [1.82, 2.24) is 0 Å². The zero-order chi connectivity index (χ0) is 8.72. The molecule has 0 unspecified atom stereocenters. The summed E-state index contributed by atoms with van der Waals surface area (Å²) >= 11 is 0. The SMILES string of the molecule is C=C1CC2=C(CC2)CC(=C)C1=C. The van der Waals surface area contributed by atoms with Gasteiger partial charge in [0, 0.05) is 0 Å². The number of rotatable bonds is 0. The summed E-state index contributed by atoms with van der Waals surface area (Å²) in [4.78, 5) is 0. The Morgan fingerprint density at radius 3 is 1.50 bits per heavy atom. The van der Waals surface area contributed by atoms with E-state index in [4.69, 9.17) is 0 Å². The lowest BCUT2D eigenvalue weighted by Gasteiger charge is -2.21. The van der Waals surface area contributed by atoms with Gasteiger partial charge in [-0.25, -0.2) is 0 Å². The van der Waals surface area contributed by atoms with Gasteiger partial charge in [-0.3, -0.25) is 0 Å². The van der Waals surface area contributed by atoms with Crippen LogP contribution >= 0.6 is 0 Å². The predicted octanol–water partition coefficient (Wildman–Crippen LogP) is 3.54. The van der Waals surface area contributed by atoms with E-state index in [0.29, 0.717) is 0 Å². The van der Waals surface area contributed by atoms with Crippen LogP contribution in [0.4, 0.5) is 0 Å². The number of allylic oxidation sites excluding steroid dienone is 5. The first-order valence-corrected chi connectivity index (χ1v) is 4.43. The van der Waals surface area contributed by atoms with Crippen LogP contribution in [0.5, 0.6) is 0 Å². The van der Waals surface area contributed by atoms with Crippen molar-refractivity contribution >= 4 is 0 Å². The standard InChI is InChI=1S/C12H14/c1-8-6-11-4-5-12(11)7-9(2)10(8)3/h1-7H2. The van der Waals surface area contributed by atoms with Gasteiger partial charge >= 0.3 is 0 Å². The molecule has 0 saturated heterocycles. The molecular formula is C12H14. The quantitative estimate of drug-likeness (QED) is 0.473. The molecule has 0 saturated carbocycles. The molecule has 0 aromatic rings. The first-order valence-electron chi connectivity index (χ1n) is 4.43. The molecule has 0 aromatic heterocycles. The molecule has 0 aliphatic heterocycles. The summed E-state index contributed by atoms with van der Waals surface area (Å²) in [6, 6.07) is 0. The summed E-state index contributed by atoms with van der Waals surface area (Å²) in [5, 5.41) is 0. The summed E-state index contributed by atoms with van der Waals surface area (Å²) < 4.78 is 0. The van der Waals surface area contributed by atoms with E-state index < -0.39 is 0 Å². The van der Waals surface area contributed by atoms with E-state index in [0.717, 1.165) is 18.4 Å². The predicted molar refractivity (Wildman–Crippen MR) is 52.9 cm³/mol. The van der Waals surface area contributed by atoms with E-state index in [9.17, 15) is 0 Å². The van der Waals surface area contributed by atoms with Gasteiger partial charge in [-0.1, -0.05) is 30.9 Å². The Balaban J connectivity index is 2.33. The van der Waals surface area contributed by atoms with Gasteiger partial charge in [-0.05, 0) is 42.4 Å². The molecule has 0 atom stereocenters. The van der Waals surface area contributed by atoms with Gasteiger partial charge in [-0.2, -0.15) is 0 Å². The van der Waals surface area contributed by atoms with Crippen LogP contribution in [0.25, 0.3) is 0 Å². The van der Waals surface area contributed by atoms with Gasteiger partial charge in [0.2, 0.25) is 0 Å². The lowest BCUT2D eigenvalue weighted by molar-refractivity contribution is 0.750. The van der Waals surface area contributed by atoms with E-state index in [2.05, 4.69) is 19.7 Å². The van der Waals surface area contributed by atoms with Crippen LogP contribution in [0.1, 0.15) is 25.7 Å². The second-order valence-electron chi connectivity index (χ2n) is 3.75. The average molecular weight is 158 g/mol. The Labute approximate surface area is 74.0 Å². The minimum atomic E-state index is 1.05. The monoisotopic (exact) mass is 158 g/mol. The minimum Gasteiger partial charge on any atom is -0.0949 e. The summed E-state index contributed by atoms with van der Waals surface area (Å²) in [6.07, 6.45) is 4.64. The topological polar surface area (TPSA) is 0 Å². The molecular weight excluding hydrogens is 144 g/mol. The van der Waals surface area contributed by atoms with Crippen molar-refractivity contribution in [1.29, 1.82) is 0 Å². The molecule has 62 valence electrons. The maximum atomic E-state index is 4.03. The molecule has 12 heavy (non-hydrogen) atoms. The van der Waals surface area contributed by atoms with Crippen LogP contribution < -0.4 is 0 Å². The van der Waals surface area contributed by atoms with E-state index in [1.165, 1.54) is 24.0 Å². The van der Waals surface area contributed by atoms with E-state index >= 15 is 0 Å². The molecule has 0 amide bonds. The molecule has 0 aromatic carbocycles. The van der Waals surface area contributed by atoms with E-state index in [-0.39, 0.29) is 0 Å². The van der Waals surface area contributed by atoms with E-state index in [1.54, 1.807) is 11.1 Å². The molecule has 0 N–H and O–H groups in total. The Bertz CT molecular complexity index is 283. The fraction of sp³-hybridized carbons (Fsp3) is 0.333. The Morgan fingerprint density at radius 1 is 0.750 bits per heavy atom. The summed E-state index contributed by atoms with van der Waals surface area (Å²) in [6.45, 7) is 12.1. The van der Waals surface area contributed by atoms with Gasteiger partial charge in [0.1, 0.15) is 0 Å². The van der Waals surface area contributed by atoms with Gasteiger partial charge in [0.15, 0.2) is 0 Å². The van der Waals surface area contributed by atoms with Crippen LogP contribution in [0.3, 0.4) is 0 Å². The van der Waals surface area contributed by atoms with Gasteiger partial charge in [0.05, 0.1) is 0 Å². The molecule has 0 nitrogen and oxygen atoms in total. The third kappa shape index (κ3) is 0.989.